The van der Waals surface area contributed by atoms with Crippen LogP contribution in [-0.4, -0.2) is 12.6 Å². The highest BCUT2D eigenvalue weighted by Crippen LogP contribution is 2.57. The average molecular weight is 166 g/mol. The average Bonchev–Trinajstić information content (AvgIpc) is 2.62. The van der Waals surface area contributed by atoms with Crippen LogP contribution in [0.1, 0.15) is 19.8 Å². The molecule has 1 aliphatic heterocycles. The smallest absolute Gasteiger partial charge is 0.309 e. The number of fused-ring (bicyclic) bond motifs is 5. The summed E-state index contributed by atoms with van der Waals surface area (Å²) in [5, 5.41) is 0. The van der Waals surface area contributed by atoms with Crippen LogP contribution >= 0.6 is 0 Å². The summed E-state index contributed by atoms with van der Waals surface area (Å²) in [6, 6.07) is 0. The minimum atomic E-state index is 0.0967. The van der Waals surface area contributed by atoms with E-state index in [-0.39, 0.29) is 5.97 Å². The fourth-order valence-corrected chi connectivity index (χ4v) is 3.71. The fourth-order valence-electron chi connectivity index (χ4n) is 3.71. The third-order valence-corrected chi connectivity index (χ3v) is 4.19. The number of carbonyl (C=O) groups excluding carboxylic acids is 1. The van der Waals surface area contributed by atoms with Crippen LogP contribution in [0.25, 0.3) is 0 Å². The predicted octanol–water partition coefficient (Wildman–Crippen LogP) is 1.45. The standard InChI is InChI=1S/C10H14O2/c1-5-2-6-3-7(5)8-4-12-10(11)9(6)8/h5-9H,2-4H2,1H3/t5-,6?,7?,8?,9?/m0/s1. The Bertz CT molecular complexity index is 236. The molecule has 4 unspecified atom stereocenters. The number of carbonyl (C=O) groups is 1. The zero-order chi connectivity index (χ0) is 8.29. The van der Waals surface area contributed by atoms with Crippen molar-refractivity contribution in [2.45, 2.75) is 19.8 Å². The largest absolute Gasteiger partial charge is 0.465 e. The molecule has 1 saturated heterocycles. The molecule has 0 amide bonds. The number of rotatable bonds is 0. The minimum absolute atomic E-state index is 0.0967. The van der Waals surface area contributed by atoms with E-state index in [0.717, 1.165) is 18.4 Å². The Morgan fingerprint density at radius 2 is 2.17 bits per heavy atom. The van der Waals surface area contributed by atoms with E-state index < -0.39 is 0 Å². The number of ether oxygens (including phenoxy) is 1. The first kappa shape index (κ1) is 6.93. The highest BCUT2D eigenvalue weighted by Gasteiger charge is 2.57. The van der Waals surface area contributed by atoms with Crippen molar-refractivity contribution in [1.82, 2.24) is 0 Å². The van der Waals surface area contributed by atoms with E-state index in [9.17, 15) is 4.79 Å². The molecule has 0 aromatic rings. The Kier molecular flexibility index (Phi) is 1.18. The Morgan fingerprint density at radius 1 is 1.33 bits per heavy atom. The van der Waals surface area contributed by atoms with Gasteiger partial charge in [-0.1, -0.05) is 6.92 Å². The van der Waals surface area contributed by atoms with Crippen LogP contribution in [0.5, 0.6) is 0 Å². The molecule has 0 radical (unpaired) electrons. The lowest BCUT2D eigenvalue weighted by Crippen LogP contribution is -2.27. The van der Waals surface area contributed by atoms with Gasteiger partial charge in [-0.15, -0.1) is 0 Å². The maximum absolute atomic E-state index is 11.3. The molecule has 0 aromatic carbocycles. The van der Waals surface area contributed by atoms with Gasteiger partial charge in [0.1, 0.15) is 0 Å². The maximum atomic E-state index is 11.3. The lowest BCUT2D eigenvalue weighted by molar-refractivity contribution is -0.142. The van der Waals surface area contributed by atoms with E-state index in [4.69, 9.17) is 4.74 Å². The van der Waals surface area contributed by atoms with Crippen LogP contribution in [0, 0.1) is 29.6 Å². The quantitative estimate of drug-likeness (QED) is 0.509. The molecular weight excluding hydrogens is 152 g/mol. The van der Waals surface area contributed by atoms with Crippen molar-refractivity contribution < 1.29 is 9.53 Å². The Hall–Kier alpha value is -0.530. The monoisotopic (exact) mass is 166 g/mol. The summed E-state index contributed by atoms with van der Waals surface area (Å²) in [7, 11) is 0. The number of cyclic esters (lactones) is 1. The van der Waals surface area contributed by atoms with Gasteiger partial charge in [-0.05, 0) is 30.6 Å². The Labute approximate surface area is 72.3 Å². The van der Waals surface area contributed by atoms with Crippen molar-refractivity contribution in [2.75, 3.05) is 6.61 Å². The van der Waals surface area contributed by atoms with Gasteiger partial charge in [0, 0.05) is 5.92 Å². The molecular formula is C10H14O2. The molecule has 66 valence electrons. The Morgan fingerprint density at radius 3 is 3.00 bits per heavy atom. The molecule has 1 heterocycles. The van der Waals surface area contributed by atoms with Crippen molar-refractivity contribution in [3.8, 4) is 0 Å². The summed E-state index contributed by atoms with van der Waals surface area (Å²) < 4.78 is 5.11. The lowest BCUT2D eigenvalue weighted by Gasteiger charge is -2.25. The van der Waals surface area contributed by atoms with Crippen LogP contribution in [0.4, 0.5) is 0 Å². The molecule has 2 saturated carbocycles. The van der Waals surface area contributed by atoms with Gasteiger partial charge in [-0.25, -0.2) is 0 Å². The molecule has 3 aliphatic rings. The van der Waals surface area contributed by atoms with Gasteiger partial charge in [-0.3, -0.25) is 4.79 Å². The summed E-state index contributed by atoms with van der Waals surface area (Å²) in [5.74, 6) is 3.29. The van der Waals surface area contributed by atoms with Crippen LogP contribution in [0.3, 0.4) is 0 Å². The number of esters is 1. The number of hydrogen-bond donors (Lipinski definition) is 0. The normalized spacial score (nSPS) is 55.8. The van der Waals surface area contributed by atoms with Crippen molar-refractivity contribution in [3.05, 3.63) is 0 Å². The Balaban J connectivity index is 1.94. The van der Waals surface area contributed by atoms with E-state index >= 15 is 0 Å². The van der Waals surface area contributed by atoms with E-state index in [2.05, 4.69) is 6.92 Å². The molecule has 0 spiro atoms. The zero-order valence-corrected chi connectivity index (χ0v) is 7.32. The fraction of sp³-hybridized carbons (Fsp3) is 0.900. The first-order valence-corrected chi connectivity index (χ1v) is 4.94. The predicted molar refractivity (Wildman–Crippen MR) is 43.3 cm³/mol. The van der Waals surface area contributed by atoms with Crippen molar-refractivity contribution in [2.24, 2.45) is 29.6 Å². The van der Waals surface area contributed by atoms with E-state index in [1.165, 1.54) is 12.8 Å². The second-order valence-corrected chi connectivity index (χ2v) is 4.69. The van der Waals surface area contributed by atoms with Crippen LogP contribution in [0.2, 0.25) is 0 Å². The van der Waals surface area contributed by atoms with Gasteiger partial charge in [0.15, 0.2) is 0 Å². The third kappa shape index (κ3) is 0.644. The summed E-state index contributed by atoms with van der Waals surface area (Å²) in [6.45, 7) is 3.04. The molecule has 5 atom stereocenters. The van der Waals surface area contributed by atoms with Gasteiger partial charge < -0.3 is 4.74 Å². The van der Waals surface area contributed by atoms with Gasteiger partial charge in [0.05, 0.1) is 12.5 Å². The summed E-state index contributed by atoms with van der Waals surface area (Å²) >= 11 is 0. The van der Waals surface area contributed by atoms with E-state index in [1.54, 1.807) is 0 Å². The zero-order valence-electron chi connectivity index (χ0n) is 7.32. The molecule has 12 heavy (non-hydrogen) atoms. The van der Waals surface area contributed by atoms with Gasteiger partial charge in [-0.2, -0.15) is 0 Å². The first-order valence-electron chi connectivity index (χ1n) is 4.94. The van der Waals surface area contributed by atoms with Gasteiger partial charge in [0.2, 0.25) is 0 Å². The summed E-state index contributed by atoms with van der Waals surface area (Å²) in [6.07, 6.45) is 2.56. The van der Waals surface area contributed by atoms with E-state index in [0.29, 0.717) is 17.8 Å². The molecule has 2 heteroatoms. The van der Waals surface area contributed by atoms with Crippen molar-refractivity contribution in [3.63, 3.8) is 0 Å². The second kappa shape index (κ2) is 2.04. The van der Waals surface area contributed by atoms with Crippen molar-refractivity contribution in [1.29, 1.82) is 0 Å². The molecule has 0 aromatic heterocycles. The van der Waals surface area contributed by atoms with Crippen LogP contribution in [0.15, 0.2) is 0 Å². The van der Waals surface area contributed by atoms with Gasteiger partial charge in [0.25, 0.3) is 0 Å². The van der Waals surface area contributed by atoms with Gasteiger partial charge >= 0.3 is 5.97 Å². The van der Waals surface area contributed by atoms with Crippen LogP contribution < -0.4 is 0 Å². The highest BCUT2D eigenvalue weighted by molar-refractivity contribution is 5.76. The maximum Gasteiger partial charge on any atom is 0.309 e. The minimum Gasteiger partial charge on any atom is -0.465 e. The lowest BCUT2D eigenvalue weighted by atomic mass is 9.76. The number of hydrogen-bond acceptors (Lipinski definition) is 2. The first-order chi connectivity index (χ1) is 5.77. The van der Waals surface area contributed by atoms with E-state index in [1.807, 2.05) is 0 Å². The SMILES string of the molecule is C[C@H]1CC2CC1C1COC(=O)C21. The van der Waals surface area contributed by atoms with Crippen LogP contribution in [-0.2, 0) is 9.53 Å². The molecule has 3 fully saturated rings. The highest BCUT2D eigenvalue weighted by atomic mass is 16.5. The molecule has 0 N–H and O–H groups in total. The topological polar surface area (TPSA) is 26.3 Å². The van der Waals surface area contributed by atoms with Crippen molar-refractivity contribution >= 4 is 5.97 Å². The molecule has 3 rings (SSSR count). The third-order valence-electron chi connectivity index (χ3n) is 4.19. The molecule has 2 aliphatic carbocycles. The molecule has 2 nitrogen and oxygen atoms in total. The second-order valence-electron chi connectivity index (χ2n) is 4.69. The summed E-state index contributed by atoms with van der Waals surface area (Å²) in [5.41, 5.74) is 0. The molecule has 2 bridgehead atoms. The summed E-state index contributed by atoms with van der Waals surface area (Å²) in [4.78, 5) is 11.3.